The molecule has 0 fully saturated rings. The molecule has 0 aliphatic rings. The van der Waals surface area contributed by atoms with E-state index in [4.69, 9.17) is 0 Å². The Balaban J connectivity index is 1.94. The molecule has 1 aromatic carbocycles. The molecule has 0 unspecified atom stereocenters. The van der Waals surface area contributed by atoms with Crippen LogP contribution in [-0.2, 0) is 13.0 Å². The summed E-state index contributed by atoms with van der Waals surface area (Å²) in [6, 6.07) is 6.68. The van der Waals surface area contributed by atoms with E-state index in [9.17, 15) is 10.1 Å². The maximum Gasteiger partial charge on any atom is 0.269 e. The first-order chi connectivity index (χ1) is 8.65. The van der Waals surface area contributed by atoms with Crippen LogP contribution in [0.5, 0.6) is 0 Å². The molecular weight excluding hydrogens is 232 g/mol. The lowest BCUT2D eigenvalue weighted by Gasteiger charge is -2.10. The van der Waals surface area contributed by atoms with Gasteiger partial charge in [0.1, 0.15) is 0 Å². The number of benzene rings is 1. The van der Waals surface area contributed by atoms with Gasteiger partial charge in [-0.25, -0.2) is 0 Å². The third kappa shape index (κ3) is 3.13. The van der Waals surface area contributed by atoms with Gasteiger partial charge < -0.3 is 0 Å². The lowest BCUT2D eigenvalue weighted by atomic mass is 10.0. The summed E-state index contributed by atoms with van der Waals surface area (Å²) < 4.78 is 1.79. The first kappa shape index (κ1) is 12.2. The Hall–Kier alpha value is -2.24. The second-order valence-corrected chi connectivity index (χ2v) is 4.36. The number of non-ortho nitro benzene ring substituents is 1. The molecule has 1 atom stereocenters. The third-order valence-corrected chi connectivity index (χ3v) is 2.70. The number of rotatable bonds is 5. The van der Waals surface area contributed by atoms with E-state index in [0.717, 1.165) is 18.5 Å². The molecule has 2 aromatic rings. The van der Waals surface area contributed by atoms with Crippen molar-refractivity contribution in [2.45, 2.75) is 19.9 Å². The van der Waals surface area contributed by atoms with Gasteiger partial charge >= 0.3 is 0 Å². The smallest absolute Gasteiger partial charge is 0.258 e. The minimum Gasteiger partial charge on any atom is -0.258 e. The zero-order chi connectivity index (χ0) is 13.0. The van der Waals surface area contributed by atoms with Gasteiger partial charge in [0.2, 0.25) is 0 Å². The van der Waals surface area contributed by atoms with Crippen LogP contribution in [-0.4, -0.2) is 19.9 Å². The highest BCUT2D eigenvalue weighted by Crippen LogP contribution is 2.15. The molecule has 0 aliphatic heterocycles. The van der Waals surface area contributed by atoms with Crippen molar-refractivity contribution in [2.75, 3.05) is 0 Å². The van der Waals surface area contributed by atoms with Gasteiger partial charge in [0.25, 0.3) is 5.69 Å². The molecule has 0 N–H and O–H groups in total. The molecule has 0 bridgehead atoms. The van der Waals surface area contributed by atoms with Gasteiger partial charge in [0, 0.05) is 24.9 Å². The van der Waals surface area contributed by atoms with Crippen molar-refractivity contribution in [1.82, 2.24) is 15.0 Å². The Morgan fingerprint density at radius 2 is 2.11 bits per heavy atom. The van der Waals surface area contributed by atoms with Crippen LogP contribution in [0.1, 0.15) is 12.5 Å². The third-order valence-electron chi connectivity index (χ3n) is 2.70. The second-order valence-electron chi connectivity index (χ2n) is 4.36. The summed E-state index contributed by atoms with van der Waals surface area (Å²) in [6.45, 7) is 2.90. The number of hydrogen-bond donors (Lipinski definition) is 0. The van der Waals surface area contributed by atoms with Crippen molar-refractivity contribution >= 4 is 5.69 Å². The van der Waals surface area contributed by atoms with Crippen LogP contribution in [0.3, 0.4) is 0 Å². The van der Waals surface area contributed by atoms with Gasteiger partial charge in [-0.15, -0.1) is 5.10 Å². The maximum absolute atomic E-state index is 10.5. The van der Waals surface area contributed by atoms with Gasteiger partial charge in [-0.3, -0.25) is 14.8 Å². The Morgan fingerprint density at radius 1 is 1.39 bits per heavy atom. The average molecular weight is 246 g/mol. The van der Waals surface area contributed by atoms with Gasteiger partial charge in [0.15, 0.2) is 0 Å². The van der Waals surface area contributed by atoms with Crippen molar-refractivity contribution in [1.29, 1.82) is 0 Å². The van der Waals surface area contributed by atoms with E-state index in [0.29, 0.717) is 5.92 Å². The van der Waals surface area contributed by atoms with Gasteiger partial charge in [-0.1, -0.05) is 24.3 Å². The number of aromatic nitrogens is 3. The minimum absolute atomic E-state index is 0.127. The summed E-state index contributed by atoms with van der Waals surface area (Å²) in [6.07, 6.45) is 4.34. The summed E-state index contributed by atoms with van der Waals surface area (Å²) in [5.41, 5.74) is 1.22. The Kier molecular flexibility index (Phi) is 3.66. The summed E-state index contributed by atoms with van der Waals surface area (Å²) in [5, 5.41) is 18.2. The van der Waals surface area contributed by atoms with Crippen LogP contribution < -0.4 is 0 Å². The molecule has 18 heavy (non-hydrogen) atoms. The van der Waals surface area contributed by atoms with E-state index in [1.807, 2.05) is 6.20 Å². The van der Waals surface area contributed by atoms with Crippen molar-refractivity contribution in [2.24, 2.45) is 5.92 Å². The average Bonchev–Trinajstić information content (AvgIpc) is 2.82. The Bertz CT molecular complexity index is 507. The molecule has 0 aliphatic carbocycles. The standard InChI is InChI=1S/C12H14N4O2/c1-10(9-15-7-6-13-14-15)8-11-2-4-12(5-3-11)16(17)18/h2-7,10H,8-9H2,1H3/t10-/m0/s1. The highest BCUT2D eigenvalue weighted by molar-refractivity contribution is 5.32. The molecule has 0 spiro atoms. The molecule has 0 amide bonds. The fraction of sp³-hybridized carbons (Fsp3) is 0.333. The lowest BCUT2D eigenvalue weighted by Crippen LogP contribution is -2.10. The van der Waals surface area contributed by atoms with E-state index in [2.05, 4.69) is 17.2 Å². The zero-order valence-electron chi connectivity index (χ0n) is 10.1. The summed E-state index contributed by atoms with van der Waals surface area (Å²) in [7, 11) is 0. The van der Waals surface area contributed by atoms with E-state index in [1.165, 1.54) is 12.1 Å². The summed E-state index contributed by atoms with van der Waals surface area (Å²) in [5.74, 6) is 0.396. The van der Waals surface area contributed by atoms with Crippen LogP contribution in [0.2, 0.25) is 0 Å². The van der Waals surface area contributed by atoms with E-state index in [1.54, 1.807) is 23.0 Å². The summed E-state index contributed by atoms with van der Waals surface area (Å²) in [4.78, 5) is 10.1. The summed E-state index contributed by atoms with van der Waals surface area (Å²) >= 11 is 0. The SMILES string of the molecule is C[C@@H](Cc1ccc([N+](=O)[O-])cc1)Cn1ccnn1. The van der Waals surface area contributed by atoms with E-state index in [-0.39, 0.29) is 10.6 Å². The van der Waals surface area contributed by atoms with Crippen molar-refractivity contribution in [3.05, 3.63) is 52.3 Å². The zero-order valence-corrected chi connectivity index (χ0v) is 10.1. The topological polar surface area (TPSA) is 73.8 Å². The largest absolute Gasteiger partial charge is 0.269 e. The van der Waals surface area contributed by atoms with Gasteiger partial charge in [-0.05, 0) is 17.9 Å². The molecule has 0 saturated carbocycles. The molecule has 0 saturated heterocycles. The normalized spacial score (nSPS) is 12.3. The first-order valence-corrected chi connectivity index (χ1v) is 5.72. The number of nitro groups is 1. The van der Waals surface area contributed by atoms with Crippen molar-refractivity contribution < 1.29 is 4.92 Å². The lowest BCUT2D eigenvalue weighted by molar-refractivity contribution is -0.384. The highest BCUT2D eigenvalue weighted by atomic mass is 16.6. The first-order valence-electron chi connectivity index (χ1n) is 5.72. The fourth-order valence-corrected chi connectivity index (χ4v) is 1.87. The van der Waals surface area contributed by atoms with Crippen molar-refractivity contribution in [3.8, 4) is 0 Å². The van der Waals surface area contributed by atoms with Crippen LogP contribution in [0, 0.1) is 16.0 Å². The highest BCUT2D eigenvalue weighted by Gasteiger charge is 2.08. The quantitative estimate of drug-likeness (QED) is 0.598. The Morgan fingerprint density at radius 3 is 2.67 bits per heavy atom. The van der Waals surface area contributed by atoms with E-state index < -0.39 is 0 Å². The minimum atomic E-state index is -0.386. The maximum atomic E-state index is 10.5. The molecule has 0 radical (unpaired) electrons. The molecular formula is C12H14N4O2. The van der Waals surface area contributed by atoms with Crippen LogP contribution in [0.25, 0.3) is 0 Å². The molecule has 2 rings (SSSR count). The Labute approximate surface area is 104 Å². The van der Waals surface area contributed by atoms with Crippen LogP contribution in [0.15, 0.2) is 36.7 Å². The predicted octanol–water partition coefficient (Wildman–Crippen LogP) is 2.07. The number of nitrogens with zero attached hydrogens (tertiary/aromatic N) is 4. The monoisotopic (exact) mass is 246 g/mol. The molecule has 6 heteroatoms. The van der Waals surface area contributed by atoms with E-state index >= 15 is 0 Å². The van der Waals surface area contributed by atoms with Crippen LogP contribution in [0.4, 0.5) is 5.69 Å². The second kappa shape index (κ2) is 5.39. The van der Waals surface area contributed by atoms with Gasteiger partial charge in [0.05, 0.1) is 11.1 Å². The molecule has 1 heterocycles. The van der Waals surface area contributed by atoms with Crippen LogP contribution >= 0.6 is 0 Å². The molecule has 1 aromatic heterocycles. The molecule has 6 nitrogen and oxygen atoms in total. The number of hydrogen-bond acceptors (Lipinski definition) is 4. The molecule has 94 valence electrons. The van der Waals surface area contributed by atoms with Gasteiger partial charge in [-0.2, -0.15) is 0 Å². The number of nitro benzene ring substituents is 1. The predicted molar refractivity (Wildman–Crippen MR) is 66.0 cm³/mol. The van der Waals surface area contributed by atoms with Crippen molar-refractivity contribution in [3.63, 3.8) is 0 Å². The fourth-order valence-electron chi connectivity index (χ4n) is 1.87.